The van der Waals surface area contributed by atoms with Gasteiger partial charge in [0, 0.05) is 15.5 Å². The zero-order valence-electron chi connectivity index (χ0n) is 11.0. The van der Waals surface area contributed by atoms with Gasteiger partial charge in [0.2, 0.25) is 0 Å². The third-order valence-corrected chi connectivity index (χ3v) is 4.10. The number of methoxy groups -OCH3 is 1. The van der Waals surface area contributed by atoms with Gasteiger partial charge in [0.15, 0.2) is 11.0 Å². The number of esters is 1. The number of rotatable bonds is 4. The lowest BCUT2D eigenvalue weighted by Gasteiger charge is -2.11. The second kappa shape index (κ2) is 6.14. The average Bonchev–Trinajstić information content (AvgIpc) is 2.73. The summed E-state index contributed by atoms with van der Waals surface area (Å²) < 4.78 is 17.5. The normalized spacial score (nSPS) is 15.6. The summed E-state index contributed by atoms with van der Waals surface area (Å²) in [7, 11) is -0.870. The molecule has 2 rings (SSSR count). The molecular weight excluding hydrogens is 314 g/mol. The molecule has 0 aromatic heterocycles. The summed E-state index contributed by atoms with van der Waals surface area (Å²) in [6.07, 6.45) is 0. The Balaban J connectivity index is 2.60. The molecule has 0 spiro atoms. The molecule has 11 nitrogen and oxygen atoms in total. The fraction of sp³-hybridized carbons (Fsp3) is 0.200. The maximum Gasteiger partial charge on any atom is 0.326 e. The Bertz CT molecular complexity index is 795. The number of amides is 1. The largest absolute Gasteiger partial charge is 0.468 e. The van der Waals surface area contributed by atoms with Gasteiger partial charge >= 0.3 is 5.97 Å². The summed E-state index contributed by atoms with van der Waals surface area (Å²) in [6, 6.07) is 2.42. The van der Waals surface area contributed by atoms with Crippen LogP contribution < -0.4 is 0 Å². The fourth-order valence-corrected chi connectivity index (χ4v) is 3.10. The van der Waals surface area contributed by atoms with Gasteiger partial charge in [-0.1, -0.05) is 10.2 Å². The van der Waals surface area contributed by atoms with Crippen LogP contribution in [0.25, 0.3) is 20.9 Å². The second-order valence-corrected chi connectivity index (χ2v) is 5.26. The van der Waals surface area contributed by atoms with Crippen LogP contribution in [0.5, 0.6) is 0 Å². The second-order valence-electron chi connectivity index (χ2n) is 3.88. The highest BCUT2D eigenvalue weighted by Crippen LogP contribution is 2.38. The maximum atomic E-state index is 12.3. The molecule has 0 saturated carbocycles. The Hall–Kier alpha value is -3.07. The minimum Gasteiger partial charge on any atom is -0.468 e. The van der Waals surface area contributed by atoms with Crippen LogP contribution in [-0.2, 0) is 20.5 Å². The van der Waals surface area contributed by atoms with Crippen molar-refractivity contribution in [2.24, 2.45) is 10.2 Å². The van der Waals surface area contributed by atoms with E-state index in [-0.39, 0.29) is 21.8 Å². The van der Waals surface area contributed by atoms with Gasteiger partial charge in [-0.15, -0.1) is 0 Å². The molecule has 1 unspecified atom stereocenters. The van der Waals surface area contributed by atoms with Gasteiger partial charge < -0.3 is 4.74 Å². The van der Waals surface area contributed by atoms with Gasteiger partial charge in [-0.05, 0) is 23.2 Å². The van der Waals surface area contributed by atoms with Crippen molar-refractivity contribution in [3.63, 3.8) is 0 Å². The first-order valence-corrected chi connectivity index (χ1v) is 6.73. The van der Waals surface area contributed by atoms with Crippen LogP contribution in [-0.4, -0.2) is 34.0 Å². The predicted octanol–water partition coefficient (Wildman–Crippen LogP) is 2.22. The first-order valence-electron chi connectivity index (χ1n) is 5.62. The third-order valence-electron chi connectivity index (χ3n) is 2.71. The van der Waals surface area contributed by atoms with Crippen molar-refractivity contribution in [2.45, 2.75) is 4.90 Å². The third kappa shape index (κ3) is 2.56. The van der Waals surface area contributed by atoms with Crippen LogP contribution in [0.3, 0.4) is 0 Å². The molecule has 1 atom stereocenters. The highest BCUT2D eigenvalue weighted by molar-refractivity contribution is 7.84. The molecule has 1 heterocycles. The van der Waals surface area contributed by atoms with E-state index in [1.165, 1.54) is 12.1 Å². The number of benzene rings is 1. The van der Waals surface area contributed by atoms with Crippen LogP contribution in [0.4, 0.5) is 11.4 Å². The smallest absolute Gasteiger partial charge is 0.326 e. The highest BCUT2D eigenvalue weighted by atomic mass is 32.2. The van der Waals surface area contributed by atoms with Crippen LogP contribution in [0.15, 0.2) is 27.3 Å². The highest BCUT2D eigenvalue weighted by Gasteiger charge is 2.38. The summed E-state index contributed by atoms with van der Waals surface area (Å²) in [5.74, 6) is -1.50. The van der Waals surface area contributed by atoms with Crippen molar-refractivity contribution in [3.8, 4) is 0 Å². The van der Waals surface area contributed by atoms with E-state index in [2.05, 4.69) is 24.8 Å². The monoisotopic (exact) mass is 321 g/mol. The quantitative estimate of drug-likeness (QED) is 0.359. The van der Waals surface area contributed by atoms with Crippen molar-refractivity contribution >= 4 is 34.2 Å². The van der Waals surface area contributed by atoms with Gasteiger partial charge in [-0.2, -0.15) is 0 Å². The van der Waals surface area contributed by atoms with Gasteiger partial charge in [-0.25, -0.2) is 8.51 Å². The lowest BCUT2D eigenvalue weighted by molar-refractivity contribution is -0.140. The number of azide groups is 2. The summed E-state index contributed by atoms with van der Waals surface area (Å²) in [4.78, 5) is 28.7. The van der Waals surface area contributed by atoms with Crippen molar-refractivity contribution in [3.05, 3.63) is 38.6 Å². The van der Waals surface area contributed by atoms with E-state index < -0.39 is 29.4 Å². The molecule has 0 fully saturated rings. The Morgan fingerprint density at radius 2 is 2.05 bits per heavy atom. The lowest BCUT2D eigenvalue weighted by Crippen LogP contribution is -2.32. The molecule has 1 amide bonds. The number of fused-ring (bicyclic) bond motifs is 1. The van der Waals surface area contributed by atoms with Gasteiger partial charge in [0.25, 0.3) is 5.91 Å². The molecule has 1 aliphatic heterocycles. The predicted molar refractivity (Wildman–Crippen MR) is 73.5 cm³/mol. The van der Waals surface area contributed by atoms with E-state index in [1.807, 2.05) is 0 Å². The van der Waals surface area contributed by atoms with Crippen molar-refractivity contribution in [1.29, 1.82) is 0 Å². The number of hydrogen-bond donors (Lipinski definition) is 0. The van der Waals surface area contributed by atoms with Crippen LogP contribution in [0.2, 0.25) is 0 Å². The van der Waals surface area contributed by atoms with Crippen LogP contribution >= 0.6 is 0 Å². The number of carbonyl (C=O) groups excluding carboxylic acids is 2. The molecule has 1 aromatic rings. The Kier molecular flexibility index (Phi) is 4.28. The molecule has 22 heavy (non-hydrogen) atoms. The van der Waals surface area contributed by atoms with Crippen LogP contribution in [0, 0.1) is 0 Å². The SMILES string of the molecule is COC(=O)CN1C(=O)c2c(N=[N+]=[N-])cc(N=[N+]=[N-])cc2S1=O. The number of ether oxygens (including phenoxy) is 1. The van der Waals surface area contributed by atoms with Crippen LogP contribution in [0.1, 0.15) is 10.4 Å². The van der Waals surface area contributed by atoms with Crippen molar-refractivity contribution in [1.82, 2.24) is 4.31 Å². The maximum absolute atomic E-state index is 12.3. The number of carbonyl (C=O) groups is 2. The Morgan fingerprint density at radius 1 is 1.36 bits per heavy atom. The van der Waals surface area contributed by atoms with Crippen molar-refractivity contribution in [2.75, 3.05) is 13.7 Å². The zero-order valence-corrected chi connectivity index (χ0v) is 11.9. The number of hydrogen-bond acceptors (Lipinski definition) is 6. The minimum absolute atomic E-state index is 0.00111. The minimum atomic E-state index is -2.00. The average molecular weight is 321 g/mol. The molecule has 112 valence electrons. The van der Waals surface area contributed by atoms with Gasteiger partial charge in [0.1, 0.15) is 6.54 Å². The van der Waals surface area contributed by atoms with E-state index in [0.717, 1.165) is 11.4 Å². The van der Waals surface area contributed by atoms with E-state index in [9.17, 15) is 13.8 Å². The molecule has 0 aliphatic carbocycles. The van der Waals surface area contributed by atoms with Gasteiger partial charge in [0.05, 0.1) is 23.3 Å². The summed E-state index contributed by atoms with van der Waals surface area (Å²) in [5, 5.41) is 6.67. The molecule has 0 bridgehead atoms. The zero-order chi connectivity index (χ0) is 16.3. The topological polar surface area (TPSA) is 161 Å². The first-order chi connectivity index (χ1) is 10.5. The summed E-state index contributed by atoms with van der Waals surface area (Å²) >= 11 is 0. The van der Waals surface area contributed by atoms with Gasteiger partial charge in [-0.3, -0.25) is 9.59 Å². The molecule has 12 heteroatoms. The first kappa shape index (κ1) is 15.3. The number of nitrogens with zero attached hydrogens (tertiary/aromatic N) is 7. The van der Waals surface area contributed by atoms with E-state index in [1.54, 1.807) is 0 Å². The lowest BCUT2D eigenvalue weighted by atomic mass is 10.1. The summed E-state index contributed by atoms with van der Waals surface area (Å²) in [6.45, 7) is -0.525. The molecule has 0 N–H and O–H groups in total. The molecule has 0 radical (unpaired) electrons. The van der Waals surface area contributed by atoms with E-state index in [0.29, 0.717) is 0 Å². The Morgan fingerprint density at radius 3 is 2.64 bits per heavy atom. The summed E-state index contributed by atoms with van der Waals surface area (Å²) in [5.41, 5.74) is 16.8. The van der Waals surface area contributed by atoms with E-state index >= 15 is 0 Å². The van der Waals surface area contributed by atoms with E-state index in [4.69, 9.17) is 11.1 Å². The molecule has 0 saturated heterocycles. The van der Waals surface area contributed by atoms with Crippen molar-refractivity contribution < 1.29 is 18.5 Å². The standard InChI is InChI=1S/C10H7N7O4S/c1-21-8(18)4-17-10(19)9-6(14-16-12)2-5(13-15-11)3-7(9)22(17)20/h2-3H,4H2,1H3. The molecular formula is C10H7N7O4S. The molecule has 1 aromatic carbocycles. The Labute approximate surface area is 125 Å². The molecule has 1 aliphatic rings. The fourth-order valence-electron chi connectivity index (χ4n) is 1.81.